The summed E-state index contributed by atoms with van der Waals surface area (Å²) in [5.74, 6) is -3.38. The smallest absolute Gasteiger partial charge is 0.190 e. The molecular weight excluding hydrogens is 514 g/mol. The van der Waals surface area contributed by atoms with E-state index >= 15 is 0 Å². The summed E-state index contributed by atoms with van der Waals surface area (Å²) in [6.07, 6.45) is -4.63. The first-order valence-electron chi connectivity index (χ1n) is 12.4. The number of carbonyl (C=O) groups excluding carboxylic acids is 2. The Balaban J connectivity index is 1.77. The fourth-order valence-electron chi connectivity index (χ4n) is 5.77. The molecule has 1 heterocycles. The van der Waals surface area contributed by atoms with Gasteiger partial charge in [-0.25, -0.2) is 0 Å². The molecule has 2 aliphatic rings. The highest BCUT2D eigenvalue weighted by Crippen LogP contribution is 2.56. The molecule has 0 bridgehead atoms. The van der Waals surface area contributed by atoms with E-state index in [-0.39, 0.29) is 44.7 Å². The lowest BCUT2D eigenvalue weighted by Gasteiger charge is -2.41. The maximum Gasteiger partial charge on any atom is 0.190 e. The largest absolute Gasteiger partial charge is 0.507 e. The molecule has 3 aromatic carbocycles. The van der Waals surface area contributed by atoms with Crippen molar-refractivity contribution in [1.82, 2.24) is 0 Å². The van der Waals surface area contributed by atoms with Crippen molar-refractivity contribution in [3.8, 4) is 23.0 Å². The predicted molar refractivity (Wildman–Crippen MR) is 136 cm³/mol. The summed E-state index contributed by atoms with van der Waals surface area (Å²) in [5, 5.41) is 75.3. The molecule has 1 aliphatic heterocycles. The van der Waals surface area contributed by atoms with E-state index in [1.807, 2.05) is 0 Å². The first-order chi connectivity index (χ1) is 18.4. The lowest BCUT2D eigenvalue weighted by molar-refractivity contribution is -0.247. The van der Waals surface area contributed by atoms with Crippen molar-refractivity contribution in [1.29, 1.82) is 0 Å². The van der Waals surface area contributed by atoms with E-state index in [2.05, 4.69) is 0 Å². The minimum atomic E-state index is -2.23. The summed E-state index contributed by atoms with van der Waals surface area (Å²) in [6.45, 7) is 0.561. The summed E-state index contributed by atoms with van der Waals surface area (Å²) in [5.41, 5.74) is 3.54. The Labute approximate surface area is 221 Å². The molecule has 0 unspecified atom stereocenters. The molecule has 12 nitrogen and oxygen atoms in total. The number of aromatic hydroxyl groups is 4. The third-order valence-electron chi connectivity index (χ3n) is 7.82. The van der Waals surface area contributed by atoms with Gasteiger partial charge in [-0.05, 0) is 6.92 Å². The number of aliphatic hydroxyl groups is 3. The molecule has 1 aliphatic carbocycles. The van der Waals surface area contributed by atoms with Crippen LogP contribution >= 0.6 is 0 Å². The fraction of sp³-hybridized carbons (Fsp3) is 0.407. The van der Waals surface area contributed by atoms with Gasteiger partial charge in [0.15, 0.2) is 18.4 Å². The van der Waals surface area contributed by atoms with Crippen molar-refractivity contribution >= 4 is 33.6 Å². The molecule has 0 saturated carbocycles. The number of nitrogens with two attached hydrogens (primary N) is 1. The SMILES string of the molecule is C[C@@H]1O[C@@H](O[C@H]2C[C@](O)(C(=O)CO)Cc3c2c(O)c2c(O)c4c(C=O)cccc4c(O)c2c3O)C[C@H](N)[C@H]1O. The lowest BCUT2D eigenvalue weighted by atomic mass is 9.74. The standard InChI is InChI=1S/C27H29NO11/c1-10-22(32)14(28)5-17(38-10)39-15-7-27(37,16(31)9-30)6-13-19(15)26(36)21-20(24(13)34)23(33)12-4-2-3-11(8-29)18(12)25(21)35/h2-4,8,10,14-15,17,22,30,32-37H,5-7,9,28H2,1H3/t10-,14-,15-,17-,22-,27-/m0/s1. The summed E-state index contributed by atoms with van der Waals surface area (Å²) < 4.78 is 11.7. The van der Waals surface area contributed by atoms with Crippen LogP contribution in [0.4, 0.5) is 0 Å². The lowest BCUT2D eigenvalue weighted by Crippen LogP contribution is -2.52. The summed E-state index contributed by atoms with van der Waals surface area (Å²) in [7, 11) is 0. The highest BCUT2D eigenvalue weighted by Gasteiger charge is 2.48. The fourth-order valence-corrected chi connectivity index (χ4v) is 5.77. The van der Waals surface area contributed by atoms with Crippen LogP contribution in [-0.4, -0.2) is 84.6 Å². The maximum atomic E-state index is 12.6. The molecule has 1 saturated heterocycles. The van der Waals surface area contributed by atoms with Gasteiger partial charge in [0, 0.05) is 52.8 Å². The van der Waals surface area contributed by atoms with Crippen LogP contribution in [0.1, 0.15) is 47.4 Å². The molecule has 5 rings (SSSR count). The summed E-state index contributed by atoms with van der Waals surface area (Å²) >= 11 is 0. The monoisotopic (exact) mass is 543 g/mol. The van der Waals surface area contributed by atoms with E-state index in [9.17, 15) is 45.3 Å². The molecule has 39 heavy (non-hydrogen) atoms. The van der Waals surface area contributed by atoms with Gasteiger partial charge in [-0.2, -0.15) is 0 Å². The summed E-state index contributed by atoms with van der Waals surface area (Å²) in [6, 6.07) is 3.54. The second-order valence-corrected chi connectivity index (χ2v) is 10.2. The third-order valence-corrected chi connectivity index (χ3v) is 7.82. The molecule has 0 spiro atoms. The topological polar surface area (TPSA) is 220 Å². The Morgan fingerprint density at radius 3 is 2.46 bits per heavy atom. The number of benzene rings is 3. The first kappa shape index (κ1) is 27.1. The highest BCUT2D eigenvalue weighted by atomic mass is 16.7. The Kier molecular flexibility index (Phi) is 6.66. The number of ether oxygens (including phenoxy) is 2. The number of Topliss-reactive ketones (excluding diaryl/α,β-unsaturated/α-hetero) is 1. The van der Waals surface area contributed by atoms with Crippen LogP contribution in [0, 0.1) is 0 Å². The number of fused-ring (bicyclic) bond motifs is 3. The first-order valence-corrected chi connectivity index (χ1v) is 12.4. The van der Waals surface area contributed by atoms with Crippen LogP contribution in [0.3, 0.4) is 0 Å². The van der Waals surface area contributed by atoms with Crippen molar-refractivity contribution in [2.24, 2.45) is 5.73 Å². The zero-order chi connectivity index (χ0) is 28.4. The van der Waals surface area contributed by atoms with Crippen LogP contribution in [0.25, 0.3) is 21.5 Å². The molecule has 0 radical (unpaired) electrons. The molecule has 9 N–H and O–H groups in total. The van der Waals surface area contributed by atoms with Gasteiger partial charge in [0.25, 0.3) is 0 Å². The number of carbonyl (C=O) groups is 2. The van der Waals surface area contributed by atoms with Crippen molar-refractivity contribution in [2.45, 2.75) is 62.4 Å². The quantitative estimate of drug-likeness (QED) is 0.127. The van der Waals surface area contributed by atoms with Gasteiger partial charge < -0.3 is 51.0 Å². The van der Waals surface area contributed by atoms with Crippen molar-refractivity contribution in [2.75, 3.05) is 6.61 Å². The number of rotatable bonds is 5. The van der Waals surface area contributed by atoms with Crippen LogP contribution in [0.15, 0.2) is 18.2 Å². The molecular formula is C27H29NO11. The van der Waals surface area contributed by atoms with Gasteiger partial charge in [-0.1, -0.05) is 18.2 Å². The van der Waals surface area contributed by atoms with Crippen LogP contribution in [-0.2, 0) is 20.7 Å². The number of aldehydes is 1. The predicted octanol–water partition coefficient (Wildman–Crippen LogP) is 0.747. The van der Waals surface area contributed by atoms with E-state index in [0.717, 1.165) is 0 Å². The third kappa shape index (κ3) is 4.07. The number of ketones is 1. The van der Waals surface area contributed by atoms with E-state index < -0.39 is 84.5 Å². The second-order valence-electron chi connectivity index (χ2n) is 10.2. The zero-order valence-corrected chi connectivity index (χ0v) is 20.9. The number of hydrogen-bond acceptors (Lipinski definition) is 12. The van der Waals surface area contributed by atoms with Gasteiger partial charge in [0.1, 0.15) is 35.2 Å². The molecule has 208 valence electrons. The Morgan fingerprint density at radius 1 is 1.13 bits per heavy atom. The Hall–Kier alpha value is -3.52. The van der Waals surface area contributed by atoms with E-state index in [1.54, 1.807) is 6.92 Å². The molecule has 3 aromatic rings. The van der Waals surface area contributed by atoms with Gasteiger partial charge in [-0.15, -0.1) is 0 Å². The van der Waals surface area contributed by atoms with Gasteiger partial charge in [0.05, 0.1) is 29.1 Å². The highest BCUT2D eigenvalue weighted by molar-refractivity contribution is 6.18. The van der Waals surface area contributed by atoms with Crippen molar-refractivity contribution in [3.05, 3.63) is 34.9 Å². The Morgan fingerprint density at radius 2 is 1.82 bits per heavy atom. The molecule has 0 aromatic heterocycles. The minimum Gasteiger partial charge on any atom is -0.507 e. The average molecular weight is 544 g/mol. The minimum absolute atomic E-state index is 0.0155. The number of hydrogen-bond donors (Lipinski definition) is 8. The maximum absolute atomic E-state index is 12.6. The summed E-state index contributed by atoms with van der Waals surface area (Å²) in [4.78, 5) is 24.3. The Bertz CT molecular complexity index is 1490. The van der Waals surface area contributed by atoms with Gasteiger partial charge in [0.2, 0.25) is 0 Å². The number of phenols is 4. The molecule has 6 atom stereocenters. The van der Waals surface area contributed by atoms with Crippen molar-refractivity contribution in [3.63, 3.8) is 0 Å². The molecule has 12 heteroatoms. The normalized spacial score (nSPS) is 28.9. The van der Waals surface area contributed by atoms with Crippen LogP contribution in [0.5, 0.6) is 23.0 Å². The average Bonchev–Trinajstić information content (AvgIpc) is 2.90. The van der Waals surface area contributed by atoms with E-state index in [4.69, 9.17) is 15.2 Å². The van der Waals surface area contributed by atoms with E-state index in [0.29, 0.717) is 6.29 Å². The second kappa shape index (κ2) is 9.59. The molecule has 1 fully saturated rings. The van der Waals surface area contributed by atoms with Gasteiger partial charge in [-0.3, -0.25) is 9.59 Å². The number of aliphatic hydroxyl groups excluding tert-OH is 2. The van der Waals surface area contributed by atoms with Crippen molar-refractivity contribution < 1.29 is 54.8 Å². The number of phenolic OH excluding ortho intramolecular Hbond substituents is 4. The van der Waals surface area contributed by atoms with Crippen LogP contribution in [0.2, 0.25) is 0 Å². The van der Waals surface area contributed by atoms with E-state index in [1.165, 1.54) is 18.2 Å². The zero-order valence-electron chi connectivity index (χ0n) is 20.9. The van der Waals surface area contributed by atoms with Crippen LogP contribution < -0.4 is 5.73 Å². The molecule has 0 amide bonds. The van der Waals surface area contributed by atoms with Gasteiger partial charge >= 0.3 is 0 Å².